The Balaban J connectivity index is 4.66. The molecule has 0 aromatic rings. The molecule has 3 unspecified atom stereocenters. The minimum Gasteiger partial charge on any atom is -0.462 e. The first kappa shape index (κ1) is 63.0. The second-order valence-corrected chi connectivity index (χ2v) is 18.8. The van der Waals surface area contributed by atoms with Crippen LogP contribution >= 0.6 is 0 Å². The number of hydrogen-bond acceptors (Lipinski definition) is 5. The molecule has 0 aromatic carbocycles. The molecular formula is C60H105NO5. The SMILES string of the molecule is CC/C=C/C=C/C=C/CCCCCCCCCC(=O)OC(CCCCC/C=C/C=C/C=C/C=C/CCCCC)CC(=O)NC(CO)C(O)CCCCCCCCCCCCCCCCCC. The summed E-state index contributed by atoms with van der Waals surface area (Å²) in [5.74, 6) is -0.526. The highest BCUT2D eigenvalue weighted by Gasteiger charge is 2.24. The van der Waals surface area contributed by atoms with E-state index in [4.69, 9.17) is 4.74 Å². The highest BCUT2D eigenvalue weighted by atomic mass is 16.5. The third-order valence-corrected chi connectivity index (χ3v) is 12.4. The van der Waals surface area contributed by atoms with Gasteiger partial charge < -0.3 is 20.3 Å². The van der Waals surface area contributed by atoms with Crippen LogP contribution < -0.4 is 5.32 Å². The van der Waals surface area contributed by atoms with Gasteiger partial charge in [0.15, 0.2) is 0 Å². The molecule has 0 saturated carbocycles. The fourth-order valence-electron chi connectivity index (χ4n) is 8.15. The Morgan fingerprint density at radius 1 is 0.455 bits per heavy atom. The van der Waals surface area contributed by atoms with Crippen molar-refractivity contribution in [2.75, 3.05) is 6.61 Å². The molecule has 66 heavy (non-hydrogen) atoms. The van der Waals surface area contributed by atoms with Gasteiger partial charge in [-0.1, -0.05) is 260 Å². The molecule has 0 fully saturated rings. The molecule has 0 aliphatic rings. The van der Waals surface area contributed by atoms with Crippen LogP contribution in [0.1, 0.15) is 258 Å². The van der Waals surface area contributed by atoms with Crippen molar-refractivity contribution in [3.63, 3.8) is 0 Å². The summed E-state index contributed by atoms with van der Waals surface area (Å²) in [6.45, 7) is 6.32. The lowest BCUT2D eigenvalue weighted by Gasteiger charge is -2.24. The lowest BCUT2D eigenvalue weighted by atomic mass is 10.0. The lowest BCUT2D eigenvalue weighted by Crippen LogP contribution is -2.46. The van der Waals surface area contributed by atoms with Crippen molar-refractivity contribution in [1.29, 1.82) is 0 Å². The predicted octanol–water partition coefficient (Wildman–Crippen LogP) is 17.1. The third kappa shape index (κ3) is 47.5. The van der Waals surface area contributed by atoms with Gasteiger partial charge in [0.05, 0.1) is 25.2 Å². The highest BCUT2D eigenvalue weighted by molar-refractivity contribution is 5.77. The van der Waals surface area contributed by atoms with Crippen LogP contribution in [0.5, 0.6) is 0 Å². The average Bonchev–Trinajstić information content (AvgIpc) is 3.31. The highest BCUT2D eigenvalue weighted by Crippen LogP contribution is 2.18. The fraction of sp³-hybridized carbons (Fsp3) is 0.733. The van der Waals surface area contributed by atoms with Crippen LogP contribution in [0.25, 0.3) is 0 Å². The van der Waals surface area contributed by atoms with Crippen LogP contribution in [0.15, 0.2) is 85.1 Å². The van der Waals surface area contributed by atoms with Crippen LogP contribution in [-0.4, -0.2) is 46.9 Å². The maximum atomic E-state index is 13.3. The zero-order valence-electron chi connectivity index (χ0n) is 43.3. The Labute approximate surface area is 408 Å². The number of amides is 1. The van der Waals surface area contributed by atoms with E-state index in [-0.39, 0.29) is 24.9 Å². The summed E-state index contributed by atoms with van der Waals surface area (Å²) < 4.78 is 5.93. The topological polar surface area (TPSA) is 95.9 Å². The van der Waals surface area contributed by atoms with Gasteiger partial charge in [-0.15, -0.1) is 0 Å². The number of rotatable bonds is 49. The molecule has 0 aromatic heterocycles. The fourth-order valence-corrected chi connectivity index (χ4v) is 8.15. The van der Waals surface area contributed by atoms with Gasteiger partial charge in [0.1, 0.15) is 6.10 Å². The van der Waals surface area contributed by atoms with Gasteiger partial charge in [-0.25, -0.2) is 0 Å². The molecule has 0 aliphatic carbocycles. The standard InChI is InChI=1S/C60H105NO5/c1-4-7-10-13-16-19-22-25-28-31-33-36-39-42-45-48-51-56(66-60(65)53-50-47-44-41-38-35-30-27-24-21-18-15-12-9-6-3)54-59(64)61-57(55-62)58(63)52-49-46-43-40-37-34-32-29-26-23-20-17-14-11-8-5-2/h9,12,15-16,18-19,21-22,24-25,28,31,33,36,56-58,62-63H,4-8,10-11,13-14,17,20,23,26-27,29-30,32,34-35,37-55H2,1-3H3,(H,61,64)/b12-9+,18-15+,19-16+,24-21+,25-22+,31-28+,36-33+. The van der Waals surface area contributed by atoms with Gasteiger partial charge in [-0.05, 0) is 70.6 Å². The molecular weight excluding hydrogens is 815 g/mol. The van der Waals surface area contributed by atoms with Crippen LogP contribution in [0.2, 0.25) is 0 Å². The number of carbonyl (C=O) groups is 2. The lowest BCUT2D eigenvalue weighted by molar-refractivity contribution is -0.151. The summed E-state index contributed by atoms with van der Waals surface area (Å²) in [5.41, 5.74) is 0. The Hall–Kier alpha value is -2.96. The molecule has 0 spiro atoms. The van der Waals surface area contributed by atoms with Crippen LogP contribution in [0.4, 0.5) is 0 Å². The zero-order chi connectivity index (χ0) is 48.1. The molecule has 0 radical (unpaired) electrons. The second kappa shape index (κ2) is 53.0. The molecule has 3 atom stereocenters. The number of allylic oxidation sites excluding steroid dienone is 14. The van der Waals surface area contributed by atoms with Crippen molar-refractivity contribution < 1.29 is 24.5 Å². The molecule has 1 amide bonds. The zero-order valence-corrected chi connectivity index (χ0v) is 43.3. The summed E-state index contributed by atoms with van der Waals surface area (Å²) in [4.78, 5) is 26.2. The molecule has 380 valence electrons. The van der Waals surface area contributed by atoms with E-state index < -0.39 is 18.2 Å². The molecule has 6 heteroatoms. The first-order valence-electron chi connectivity index (χ1n) is 27.9. The minimum absolute atomic E-state index is 0.0432. The number of unbranched alkanes of at least 4 members (excludes halogenated alkanes) is 28. The Kier molecular flexibility index (Phi) is 50.6. The van der Waals surface area contributed by atoms with E-state index in [0.29, 0.717) is 19.3 Å². The van der Waals surface area contributed by atoms with E-state index in [1.54, 1.807) is 0 Å². The third-order valence-electron chi connectivity index (χ3n) is 12.4. The van der Waals surface area contributed by atoms with Gasteiger partial charge in [0.25, 0.3) is 0 Å². The minimum atomic E-state index is -0.806. The molecule has 0 aliphatic heterocycles. The summed E-state index contributed by atoms with van der Waals surface area (Å²) in [6.07, 6.45) is 69.2. The van der Waals surface area contributed by atoms with Crippen molar-refractivity contribution in [2.45, 2.75) is 277 Å². The van der Waals surface area contributed by atoms with E-state index in [2.05, 4.69) is 105 Å². The smallest absolute Gasteiger partial charge is 0.306 e. The number of nitrogens with one attached hydrogen (secondary N) is 1. The molecule has 0 heterocycles. The monoisotopic (exact) mass is 920 g/mol. The number of ether oxygens (including phenoxy) is 1. The first-order chi connectivity index (χ1) is 32.5. The van der Waals surface area contributed by atoms with Crippen molar-refractivity contribution in [3.8, 4) is 0 Å². The summed E-state index contributed by atoms with van der Waals surface area (Å²) in [5, 5.41) is 23.9. The van der Waals surface area contributed by atoms with Gasteiger partial charge >= 0.3 is 5.97 Å². The maximum Gasteiger partial charge on any atom is 0.306 e. The number of esters is 1. The number of hydrogen-bond donors (Lipinski definition) is 3. The predicted molar refractivity (Wildman–Crippen MR) is 287 cm³/mol. The van der Waals surface area contributed by atoms with E-state index in [1.807, 2.05) is 6.08 Å². The first-order valence-corrected chi connectivity index (χ1v) is 27.9. The normalized spacial score (nSPS) is 13.8. The van der Waals surface area contributed by atoms with Crippen LogP contribution in [-0.2, 0) is 14.3 Å². The van der Waals surface area contributed by atoms with Gasteiger partial charge in [-0.3, -0.25) is 9.59 Å². The Morgan fingerprint density at radius 2 is 0.818 bits per heavy atom. The number of aliphatic hydroxyl groups is 2. The van der Waals surface area contributed by atoms with E-state index in [9.17, 15) is 19.8 Å². The summed E-state index contributed by atoms with van der Waals surface area (Å²) in [7, 11) is 0. The molecule has 0 bridgehead atoms. The van der Waals surface area contributed by atoms with Gasteiger partial charge in [0.2, 0.25) is 5.91 Å². The van der Waals surface area contributed by atoms with E-state index >= 15 is 0 Å². The number of aliphatic hydroxyl groups excluding tert-OH is 2. The van der Waals surface area contributed by atoms with Crippen molar-refractivity contribution in [1.82, 2.24) is 5.32 Å². The Morgan fingerprint density at radius 3 is 1.29 bits per heavy atom. The molecule has 0 saturated heterocycles. The van der Waals surface area contributed by atoms with Crippen LogP contribution in [0, 0.1) is 0 Å². The Bertz CT molecular complexity index is 1260. The maximum absolute atomic E-state index is 13.3. The molecule has 3 N–H and O–H groups in total. The van der Waals surface area contributed by atoms with Crippen molar-refractivity contribution in [3.05, 3.63) is 85.1 Å². The van der Waals surface area contributed by atoms with E-state index in [0.717, 1.165) is 83.5 Å². The largest absolute Gasteiger partial charge is 0.462 e. The van der Waals surface area contributed by atoms with Crippen molar-refractivity contribution in [2.24, 2.45) is 0 Å². The molecule has 0 rings (SSSR count). The van der Waals surface area contributed by atoms with E-state index in [1.165, 1.54) is 128 Å². The van der Waals surface area contributed by atoms with Gasteiger partial charge in [-0.2, -0.15) is 0 Å². The van der Waals surface area contributed by atoms with Gasteiger partial charge in [0, 0.05) is 6.42 Å². The average molecular weight is 921 g/mol. The second-order valence-electron chi connectivity index (χ2n) is 18.8. The summed E-state index contributed by atoms with van der Waals surface area (Å²) >= 11 is 0. The number of carbonyl (C=O) groups excluding carboxylic acids is 2. The summed E-state index contributed by atoms with van der Waals surface area (Å²) in [6, 6.07) is -0.722. The quantitative estimate of drug-likeness (QED) is 0.0321. The van der Waals surface area contributed by atoms with Crippen molar-refractivity contribution >= 4 is 11.9 Å². The molecule has 6 nitrogen and oxygen atoms in total. The van der Waals surface area contributed by atoms with Crippen LogP contribution in [0.3, 0.4) is 0 Å².